The van der Waals surface area contributed by atoms with Crippen molar-refractivity contribution < 1.29 is 4.79 Å². The average Bonchev–Trinajstić information content (AvgIpc) is 2.66. The minimum absolute atomic E-state index is 0.209. The van der Waals surface area contributed by atoms with Gasteiger partial charge in [-0.3, -0.25) is 15.1 Å². The van der Waals surface area contributed by atoms with Gasteiger partial charge in [-0.15, -0.1) is 5.10 Å². The number of hydrazone groups is 1. The SMILES string of the molecule is CCCSC1=NN2C(=c3ccccc3=N[C@H]2c2c(Cl)cccc2Cl)C(=O)N1. The van der Waals surface area contributed by atoms with Crippen LogP contribution in [-0.4, -0.2) is 21.8 Å². The van der Waals surface area contributed by atoms with Crippen molar-refractivity contribution >= 4 is 51.7 Å². The van der Waals surface area contributed by atoms with Gasteiger partial charge < -0.3 is 0 Å². The molecule has 2 aliphatic rings. The number of para-hydroxylation sites is 1. The molecule has 0 unspecified atom stereocenters. The normalized spacial score (nSPS) is 18.3. The van der Waals surface area contributed by atoms with Gasteiger partial charge in [0.1, 0.15) is 5.70 Å². The average molecular weight is 419 g/mol. The first kappa shape index (κ1) is 18.3. The van der Waals surface area contributed by atoms with Crippen LogP contribution in [0.5, 0.6) is 0 Å². The van der Waals surface area contributed by atoms with Gasteiger partial charge in [0.05, 0.1) is 5.36 Å². The van der Waals surface area contributed by atoms with Crippen molar-refractivity contribution in [2.75, 3.05) is 5.75 Å². The first-order valence-corrected chi connectivity index (χ1v) is 10.3. The molecule has 2 aromatic rings. The lowest BCUT2D eigenvalue weighted by Gasteiger charge is -2.34. The largest absolute Gasteiger partial charge is 0.298 e. The van der Waals surface area contributed by atoms with Crippen LogP contribution < -0.4 is 15.9 Å². The number of halogens is 2. The standard InChI is InChI=1S/C19H16Cl2N4OS/c1-2-10-27-19-23-18(26)16-11-6-3-4-9-14(11)22-17(25(16)24-19)15-12(20)7-5-8-13(15)21/h3-9,17H,2,10H2,1H3,(H,23,24,26)/t17-/m1/s1. The van der Waals surface area contributed by atoms with E-state index >= 15 is 0 Å². The lowest BCUT2D eigenvalue weighted by Crippen LogP contribution is -2.50. The molecule has 138 valence electrons. The fourth-order valence-corrected chi connectivity index (χ4v) is 4.34. The number of hydrogen-bond acceptors (Lipinski definition) is 5. The van der Waals surface area contributed by atoms with Crippen molar-refractivity contribution in [1.29, 1.82) is 0 Å². The van der Waals surface area contributed by atoms with E-state index in [2.05, 4.69) is 17.3 Å². The first-order valence-electron chi connectivity index (χ1n) is 8.53. The van der Waals surface area contributed by atoms with Crippen molar-refractivity contribution in [3.05, 3.63) is 68.6 Å². The van der Waals surface area contributed by atoms with Gasteiger partial charge in [-0.25, -0.2) is 5.01 Å². The number of amides is 1. The zero-order valence-corrected chi connectivity index (χ0v) is 16.8. The molecular formula is C19H16Cl2N4OS. The molecule has 2 aliphatic heterocycles. The maximum atomic E-state index is 12.9. The number of hydrogen-bond donors (Lipinski definition) is 1. The summed E-state index contributed by atoms with van der Waals surface area (Å²) in [7, 11) is 0. The van der Waals surface area contributed by atoms with Crippen LogP contribution in [0.2, 0.25) is 10.0 Å². The lowest BCUT2D eigenvalue weighted by molar-refractivity contribution is -0.116. The van der Waals surface area contributed by atoms with E-state index in [1.165, 1.54) is 11.8 Å². The van der Waals surface area contributed by atoms with E-state index in [0.717, 1.165) is 17.4 Å². The summed E-state index contributed by atoms with van der Waals surface area (Å²) in [5.41, 5.74) is 1.08. The summed E-state index contributed by atoms with van der Waals surface area (Å²) in [6.07, 6.45) is 0.364. The minimum Gasteiger partial charge on any atom is -0.298 e. The number of nitrogens with one attached hydrogen (secondary N) is 1. The second kappa shape index (κ2) is 7.54. The number of carbonyl (C=O) groups is 1. The van der Waals surface area contributed by atoms with Crippen LogP contribution in [0, 0.1) is 0 Å². The molecule has 5 nitrogen and oxygen atoms in total. The fourth-order valence-electron chi connectivity index (χ4n) is 3.04. The van der Waals surface area contributed by atoms with Gasteiger partial charge in [0.25, 0.3) is 5.91 Å². The molecule has 1 amide bonds. The Morgan fingerprint density at radius 1 is 1.15 bits per heavy atom. The highest BCUT2D eigenvalue weighted by Crippen LogP contribution is 2.38. The van der Waals surface area contributed by atoms with Crippen LogP contribution in [0.4, 0.5) is 0 Å². The summed E-state index contributed by atoms with van der Waals surface area (Å²) in [5, 5.41) is 12.1. The van der Waals surface area contributed by atoms with Gasteiger partial charge in [-0.1, -0.05) is 66.2 Å². The van der Waals surface area contributed by atoms with Crippen molar-refractivity contribution in [2.45, 2.75) is 19.5 Å². The summed E-state index contributed by atoms with van der Waals surface area (Å²) < 4.78 is 0. The molecule has 0 radical (unpaired) electrons. The van der Waals surface area contributed by atoms with Crippen LogP contribution in [0.3, 0.4) is 0 Å². The van der Waals surface area contributed by atoms with E-state index in [0.29, 0.717) is 31.8 Å². The maximum Gasteiger partial charge on any atom is 0.276 e. The Hall–Kier alpha value is -2.02. The number of benzene rings is 2. The third-order valence-corrected chi connectivity index (χ3v) is 5.94. The quantitative estimate of drug-likeness (QED) is 0.831. The second-order valence-electron chi connectivity index (χ2n) is 6.06. The van der Waals surface area contributed by atoms with E-state index in [1.54, 1.807) is 23.2 Å². The van der Waals surface area contributed by atoms with Crippen LogP contribution in [0.1, 0.15) is 25.1 Å². The molecular weight excluding hydrogens is 403 g/mol. The third-order valence-electron chi connectivity index (χ3n) is 4.22. The lowest BCUT2D eigenvalue weighted by atomic mass is 10.1. The summed E-state index contributed by atoms with van der Waals surface area (Å²) in [4.78, 5) is 17.7. The zero-order chi connectivity index (χ0) is 19.0. The molecule has 2 heterocycles. The highest BCUT2D eigenvalue weighted by Gasteiger charge is 2.36. The molecule has 0 saturated heterocycles. The Morgan fingerprint density at radius 3 is 2.63 bits per heavy atom. The van der Waals surface area contributed by atoms with Gasteiger partial charge in [-0.05, 0) is 24.6 Å². The summed E-state index contributed by atoms with van der Waals surface area (Å²) in [6.45, 7) is 2.08. The fraction of sp³-hybridized carbons (Fsp3) is 0.211. The molecule has 27 heavy (non-hydrogen) atoms. The van der Waals surface area contributed by atoms with E-state index in [4.69, 9.17) is 28.2 Å². The second-order valence-corrected chi connectivity index (χ2v) is 7.95. The Morgan fingerprint density at radius 2 is 1.89 bits per heavy atom. The molecule has 1 atom stereocenters. The molecule has 0 aromatic heterocycles. The number of nitrogens with zero attached hydrogens (tertiary/aromatic N) is 3. The van der Waals surface area contributed by atoms with Crippen LogP contribution >= 0.6 is 35.0 Å². The van der Waals surface area contributed by atoms with Crippen LogP contribution in [-0.2, 0) is 4.79 Å². The summed E-state index contributed by atoms with van der Waals surface area (Å²) >= 11 is 14.4. The number of carbonyl (C=O) groups excluding carboxylic acids is 1. The Labute approximate surface area is 170 Å². The number of fused-ring (bicyclic) bond motifs is 2. The smallest absolute Gasteiger partial charge is 0.276 e. The van der Waals surface area contributed by atoms with Gasteiger partial charge in [0.15, 0.2) is 11.3 Å². The molecule has 0 bridgehead atoms. The van der Waals surface area contributed by atoms with Crippen molar-refractivity contribution in [3.63, 3.8) is 0 Å². The van der Waals surface area contributed by atoms with Gasteiger partial charge in [0.2, 0.25) is 0 Å². The van der Waals surface area contributed by atoms with E-state index in [9.17, 15) is 4.79 Å². The predicted molar refractivity (Wildman–Crippen MR) is 110 cm³/mol. The van der Waals surface area contributed by atoms with Gasteiger partial charge in [0, 0.05) is 26.6 Å². The number of amidine groups is 1. The molecule has 8 heteroatoms. The van der Waals surface area contributed by atoms with Crippen LogP contribution in [0.15, 0.2) is 52.6 Å². The molecule has 0 saturated carbocycles. The highest BCUT2D eigenvalue weighted by molar-refractivity contribution is 8.13. The Bertz CT molecular complexity index is 1050. The Balaban J connectivity index is 1.95. The molecule has 0 fully saturated rings. The minimum atomic E-state index is -0.612. The monoisotopic (exact) mass is 418 g/mol. The van der Waals surface area contributed by atoms with E-state index in [1.807, 2.05) is 24.3 Å². The third kappa shape index (κ3) is 3.33. The van der Waals surface area contributed by atoms with Gasteiger partial charge >= 0.3 is 0 Å². The van der Waals surface area contributed by atoms with Gasteiger partial charge in [-0.2, -0.15) is 0 Å². The molecule has 1 N–H and O–H groups in total. The predicted octanol–water partition coefficient (Wildman–Crippen LogP) is 3.28. The number of thioether (sulfide) groups is 1. The Kier molecular flexibility index (Phi) is 5.12. The molecule has 2 aromatic carbocycles. The summed E-state index contributed by atoms with van der Waals surface area (Å²) in [6, 6.07) is 12.8. The van der Waals surface area contributed by atoms with Crippen LogP contribution in [0.25, 0.3) is 5.70 Å². The van der Waals surface area contributed by atoms with Crippen molar-refractivity contribution in [3.8, 4) is 0 Å². The molecule has 4 rings (SSSR count). The molecule has 0 spiro atoms. The maximum absolute atomic E-state index is 12.9. The first-order chi connectivity index (χ1) is 13.1. The van der Waals surface area contributed by atoms with E-state index in [-0.39, 0.29) is 5.91 Å². The summed E-state index contributed by atoms with van der Waals surface area (Å²) in [5.74, 6) is 0.646. The topological polar surface area (TPSA) is 57.1 Å². The highest BCUT2D eigenvalue weighted by atomic mass is 35.5. The zero-order valence-electron chi connectivity index (χ0n) is 14.4. The van der Waals surface area contributed by atoms with E-state index < -0.39 is 6.17 Å². The van der Waals surface area contributed by atoms with Crippen molar-refractivity contribution in [1.82, 2.24) is 10.3 Å². The molecule has 0 aliphatic carbocycles. The number of rotatable bonds is 3. The van der Waals surface area contributed by atoms with Crippen molar-refractivity contribution in [2.24, 2.45) is 10.1 Å².